The van der Waals surface area contributed by atoms with E-state index < -0.39 is 0 Å². The van der Waals surface area contributed by atoms with Gasteiger partial charge in [-0.2, -0.15) is 0 Å². The van der Waals surface area contributed by atoms with E-state index in [-0.39, 0.29) is 41.3 Å². The predicted octanol–water partition coefficient (Wildman–Crippen LogP) is 4.20. The van der Waals surface area contributed by atoms with Crippen molar-refractivity contribution < 1.29 is 9.53 Å². The van der Waals surface area contributed by atoms with E-state index in [1.807, 2.05) is 20.0 Å². The molecule has 0 bridgehead atoms. The maximum absolute atomic E-state index is 11.9. The van der Waals surface area contributed by atoms with Crippen LogP contribution < -0.4 is 5.32 Å². The largest absolute Gasteiger partial charge is 0.466 e. The number of carbonyl (C=O) groups is 1. The van der Waals surface area contributed by atoms with Gasteiger partial charge in [-0.15, -0.1) is 24.0 Å². The standard InChI is InChI=1S/C20H30BrN3O2.HI/c1-5-26-18(25)15-10-12-24(13-11-15)19(22-4)23-14-20(2,3)16-8-6-7-9-17(16)21;/h6-9,15H,5,10-14H2,1-4H3,(H,22,23);1H. The fourth-order valence-electron chi connectivity index (χ4n) is 3.32. The molecule has 0 unspecified atom stereocenters. The Hall–Kier alpha value is -0.830. The first-order valence-electron chi connectivity index (χ1n) is 9.26. The molecule has 1 saturated heterocycles. The number of likely N-dealkylation sites (tertiary alicyclic amines) is 1. The second-order valence-corrected chi connectivity index (χ2v) is 8.13. The van der Waals surface area contributed by atoms with Crippen molar-refractivity contribution in [2.75, 3.05) is 33.3 Å². The molecule has 1 N–H and O–H groups in total. The molecule has 1 aromatic carbocycles. The van der Waals surface area contributed by atoms with Gasteiger partial charge >= 0.3 is 5.97 Å². The van der Waals surface area contributed by atoms with E-state index in [0.29, 0.717) is 6.61 Å². The van der Waals surface area contributed by atoms with Gasteiger partial charge in [-0.3, -0.25) is 9.79 Å². The maximum atomic E-state index is 11.9. The van der Waals surface area contributed by atoms with Crippen LogP contribution in [0.3, 0.4) is 0 Å². The van der Waals surface area contributed by atoms with Gasteiger partial charge in [0.25, 0.3) is 0 Å². The number of guanidine groups is 1. The summed E-state index contributed by atoms with van der Waals surface area (Å²) in [5, 5.41) is 3.51. The minimum atomic E-state index is -0.0647. The smallest absolute Gasteiger partial charge is 0.309 e. The molecule has 1 fully saturated rings. The minimum absolute atomic E-state index is 0. The Morgan fingerprint density at radius 1 is 1.33 bits per heavy atom. The molecule has 1 aliphatic heterocycles. The summed E-state index contributed by atoms with van der Waals surface area (Å²) in [6, 6.07) is 8.33. The molecule has 0 saturated carbocycles. The molecule has 1 aliphatic rings. The van der Waals surface area contributed by atoms with Gasteiger partial charge in [-0.1, -0.05) is 48.0 Å². The summed E-state index contributed by atoms with van der Waals surface area (Å²) in [4.78, 5) is 18.6. The normalized spacial score (nSPS) is 15.9. The molecule has 27 heavy (non-hydrogen) atoms. The van der Waals surface area contributed by atoms with Gasteiger partial charge < -0.3 is 15.0 Å². The first kappa shape index (κ1) is 24.2. The molecule has 0 amide bonds. The van der Waals surface area contributed by atoms with E-state index in [2.05, 4.69) is 63.2 Å². The highest BCUT2D eigenvalue weighted by Gasteiger charge is 2.29. The highest BCUT2D eigenvalue weighted by atomic mass is 127. The van der Waals surface area contributed by atoms with E-state index in [1.165, 1.54) is 5.56 Å². The van der Waals surface area contributed by atoms with Crippen molar-refractivity contribution in [1.29, 1.82) is 0 Å². The summed E-state index contributed by atoms with van der Waals surface area (Å²) in [6.07, 6.45) is 1.63. The van der Waals surface area contributed by atoms with E-state index in [1.54, 1.807) is 0 Å². The quantitative estimate of drug-likeness (QED) is 0.258. The highest BCUT2D eigenvalue weighted by Crippen LogP contribution is 2.29. The SMILES string of the molecule is CCOC(=O)C1CCN(C(=NC)NCC(C)(C)c2ccccc2Br)CC1.I. The zero-order valence-electron chi connectivity index (χ0n) is 16.6. The van der Waals surface area contributed by atoms with Crippen LogP contribution in [-0.4, -0.2) is 50.1 Å². The van der Waals surface area contributed by atoms with E-state index in [0.717, 1.165) is 42.9 Å². The lowest BCUT2D eigenvalue weighted by molar-refractivity contribution is -0.149. The Bertz CT molecular complexity index is 644. The molecular formula is C20H31BrIN3O2. The van der Waals surface area contributed by atoms with Gasteiger partial charge in [0, 0.05) is 36.6 Å². The van der Waals surface area contributed by atoms with Gasteiger partial charge in [-0.25, -0.2) is 0 Å². The molecule has 0 atom stereocenters. The van der Waals surface area contributed by atoms with Crippen LogP contribution in [0.5, 0.6) is 0 Å². The van der Waals surface area contributed by atoms with Crippen LogP contribution in [-0.2, 0) is 14.9 Å². The van der Waals surface area contributed by atoms with Crippen molar-refractivity contribution in [3.8, 4) is 0 Å². The van der Waals surface area contributed by atoms with Crippen LogP contribution in [0.1, 0.15) is 39.2 Å². The van der Waals surface area contributed by atoms with Crippen LogP contribution in [0.15, 0.2) is 33.7 Å². The number of esters is 1. The molecule has 0 spiro atoms. The molecule has 1 aromatic rings. The van der Waals surface area contributed by atoms with Crippen LogP contribution >= 0.6 is 39.9 Å². The predicted molar refractivity (Wildman–Crippen MR) is 125 cm³/mol. The topological polar surface area (TPSA) is 53.9 Å². The summed E-state index contributed by atoms with van der Waals surface area (Å²) in [7, 11) is 1.81. The average molecular weight is 552 g/mol. The van der Waals surface area contributed by atoms with Crippen LogP contribution in [0.25, 0.3) is 0 Å². The third-order valence-electron chi connectivity index (χ3n) is 4.92. The summed E-state index contributed by atoms with van der Waals surface area (Å²) in [5.41, 5.74) is 1.23. The van der Waals surface area contributed by atoms with E-state index in [9.17, 15) is 4.79 Å². The van der Waals surface area contributed by atoms with Crippen molar-refractivity contribution in [3.05, 3.63) is 34.3 Å². The minimum Gasteiger partial charge on any atom is -0.466 e. The van der Waals surface area contributed by atoms with Gasteiger partial charge in [0.2, 0.25) is 0 Å². The number of hydrogen-bond acceptors (Lipinski definition) is 3. The molecule has 2 rings (SSSR count). The molecular weight excluding hydrogens is 521 g/mol. The first-order valence-corrected chi connectivity index (χ1v) is 10.1. The number of carbonyl (C=O) groups excluding carboxylic acids is 1. The number of nitrogens with zero attached hydrogens (tertiary/aromatic N) is 2. The second kappa shape index (κ2) is 11.2. The molecule has 5 nitrogen and oxygen atoms in total. The van der Waals surface area contributed by atoms with Crippen molar-refractivity contribution >= 4 is 51.8 Å². The maximum Gasteiger partial charge on any atom is 0.309 e. The number of benzene rings is 1. The fraction of sp³-hybridized carbons (Fsp3) is 0.600. The van der Waals surface area contributed by atoms with E-state index >= 15 is 0 Å². The van der Waals surface area contributed by atoms with Gasteiger partial charge in [-0.05, 0) is 31.4 Å². The molecule has 152 valence electrons. The lowest BCUT2D eigenvalue weighted by atomic mass is 9.84. The Balaban J connectivity index is 0.00000364. The third-order valence-corrected chi connectivity index (χ3v) is 5.61. The number of piperidine rings is 1. The van der Waals surface area contributed by atoms with Gasteiger partial charge in [0.1, 0.15) is 0 Å². The summed E-state index contributed by atoms with van der Waals surface area (Å²) >= 11 is 3.65. The summed E-state index contributed by atoms with van der Waals surface area (Å²) in [6.45, 7) is 9.16. The third kappa shape index (κ3) is 6.62. The lowest BCUT2D eigenvalue weighted by Crippen LogP contribution is -2.49. The zero-order valence-corrected chi connectivity index (χ0v) is 20.5. The number of nitrogens with one attached hydrogen (secondary N) is 1. The van der Waals surface area contributed by atoms with Crippen molar-refractivity contribution in [1.82, 2.24) is 10.2 Å². The number of aliphatic imine (C=N–C) groups is 1. The monoisotopic (exact) mass is 551 g/mol. The Morgan fingerprint density at radius 2 is 1.96 bits per heavy atom. The molecule has 0 aromatic heterocycles. The number of ether oxygens (including phenoxy) is 1. The fourth-order valence-corrected chi connectivity index (χ4v) is 4.15. The van der Waals surface area contributed by atoms with E-state index in [4.69, 9.17) is 4.74 Å². The van der Waals surface area contributed by atoms with Crippen LogP contribution in [0.2, 0.25) is 0 Å². The van der Waals surface area contributed by atoms with Crippen molar-refractivity contribution in [2.45, 2.75) is 39.0 Å². The molecule has 7 heteroatoms. The Labute approximate surface area is 188 Å². The Kier molecular flexibility index (Phi) is 10.1. The summed E-state index contributed by atoms with van der Waals surface area (Å²) < 4.78 is 6.27. The van der Waals surface area contributed by atoms with Crippen LogP contribution in [0, 0.1) is 5.92 Å². The Morgan fingerprint density at radius 3 is 2.52 bits per heavy atom. The summed E-state index contributed by atoms with van der Waals surface area (Å²) in [5.74, 6) is 0.846. The molecule has 0 aliphatic carbocycles. The number of halogens is 2. The van der Waals surface area contributed by atoms with Gasteiger partial charge in [0.05, 0.1) is 12.5 Å². The molecule has 1 heterocycles. The van der Waals surface area contributed by atoms with Crippen LogP contribution in [0.4, 0.5) is 0 Å². The number of rotatable bonds is 5. The molecule has 0 radical (unpaired) electrons. The lowest BCUT2D eigenvalue weighted by Gasteiger charge is -2.35. The zero-order chi connectivity index (χ0) is 19.2. The van der Waals surface area contributed by atoms with Crippen molar-refractivity contribution in [3.63, 3.8) is 0 Å². The van der Waals surface area contributed by atoms with Crippen molar-refractivity contribution in [2.24, 2.45) is 10.9 Å². The average Bonchev–Trinajstić information content (AvgIpc) is 2.63. The van der Waals surface area contributed by atoms with Gasteiger partial charge in [0.15, 0.2) is 5.96 Å². The first-order chi connectivity index (χ1) is 12.4. The highest BCUT2D eigenvalue weighted by molar-refractivity contribution is 14.0. The number of hydrogen-bond donors (Lipinski definition) is 1. The second-order valence-electron chi connectivity index (χ2n) is 7.28.